The number of ether oxygens (including phenoxy) is 1. The van der Waals surface area contributed by atoms with Gasteiger partial charge in [-0.1, -0.05) is 0 Å². The molecule has 2 fully saturated rings. The number of rotatable bonds is 7. The van der Waals surface area contributed by atoms with Crippen molar-refractivity contribution in [3.63, 3.8) is 0 Å². The number of aryl methyl sites for hydroxylation is 1. The molecule has 8 nitrogen and oxygen atoms in total. The molecule has 2 aliphatic heterocycles. The highest BCUT2D eigenvalue weighted by molar-refractivity contribution is 5.76. The summed E-state index contributed by atoms with van der Waals surface area (Å²) in [6, 6.07) is 0. The highest BCUT2D eigenvalue weighted by Crippen LogP contribution is 2.36. The zero-order valence-electron chi connectivity index (χ0n) is 17.4. The van der Waals surface area contributed by atoms with Crippen LogP contribution in [0, 0.1) is 11.8 Å². The van der Waals surface area contributed by atoms with Crippen molar-refractivity contribution in [2.24, 2.45) is 18.9 Å². The molecule has 0 spiro atoms. The minimum absolute atomic E-state index is 0.0284. The number of hydrogen-bond acceptors (Lipinski definition) is 5. The van der Waals surface area contributed by atoms with Gasteiger partial charge in [-0.05, 0) is 18.9 Å². The van der Waals surface area contributed by atoms with Crippen LogP contribution < -0.4 is 5.32 Å². The molecule has 2 aromatic heterocycles. The van der Waals surface area contributed by atoms with Crippen molar-refractivity contribution in [2.75, 3.05) is 26.2 Å². The molecule has 170 valence electrons. The van der Waals surface area contributed by atoms with Crippen LogP contribution in [0.25, 0.3) is 0 Å². The second-order valence-corrected chi connectivity index (χ2v) is 8.40. The third-order valence-electron chi connectivity index (χ3n) is 6.03. The number of carbonyl (C=O) groups is 1. The first kappa shape index (κ1) is 21.8. The van der Waals surface area contributed by atoms with Crippen LogP contribution in [0.3, 0.4) is 0 Å². The number of amides is 1. The Morgan fingerprint density at radius 1 is 1.39 bits per heavy atom. The van der Waals surface area contributed by atoms with E-state index in [1.807, 2.05) is 17.8 Å². The molecular weight excluding hydrogens is 413 g/mol. The number of fused-ring (bicyclic) bond motifs is 1. The van der Waals surface area contributed by atoms with Crippen LogP contribution in [0.4, 0.5) is 13.2 Å². The fourth-order valence-electron chi connectivity index (χ4n) is 4.50. The first-order valence-corrected chi connectivity index (χ1v) is 10.5. The maximum absolute atomic E-state index is 12.7. The maximum Gasteiger partial charge on any atom is 0.432 e. The predicted molar refractivity (Wildman–Crippen MR) is 105 cm³/mol. The van der Waals surface area contributed by atoms with Crippen LogP contribution in [0.2, 0.25) is 0 Å². The van der Waals surface area contributed by atoms with Gasteiger partial charge in [0.2, 0.25) is 5.91 Å². The van der Waals surface area contributed by atoms with E-state index < -0.39 is 11.9 Å². The Bertz CT molecular complexity index is 896. The molecule has 2 aromatic rings. The second-order valence-electron chi connectivity index (χ2n) is 8.40. The topological polar surface area (TPSA) is 88.1 Å². The molecule has 4 heterocycles. The highest BCUT2D eigenvalue weighted by atomic mass is 19.4. The number of carbonyl (C=O) groups excluding carboxylic acids is 1. The number of likely N-dealkylation sites (tertiary alicyclic amines) is 1. The van der Waals surface area contributed by atoms with Crippen molar-refractivity contribution in [3.05, 3.63) is 35.9 Å². The zero-order valence-corrected chi connectivity index (χ0v) is 17.4. The van der Waals surface area contributed by atoms with Gasteiger partial charge in [-0.25, -0.2) is 9.97 Å². The number of imidazole rings is 2. The van der Waals surface area contributed by atoms with Crippen molar-refractivity contribution in [2.45, 2.75) is 38.1 Å². The Kier molecular flexibility index (Phi) is 6.33. The molecule has 2 aliphatic rings. The molecule has 0 unspecified atom stereocenters. The average molecular weight is 440 g/mol. The van der Waals surface area contributed by atoms with Crippen LogP contribution in [-0.2, 0) is 35.7 Å². The molecule has 0 saturated carbocycles. The van der Waals surface area contributed by atoms with E-state index >= 15 is 0 Å². The summed E-state index contributed by atoms with van der Waals surface area (Å²) < 4.78 is 46.0. The summed E-state index contributed by atoms with van der Waals surface area (Å²) in [4.78, 5) is 24.9. The summed E-state index contributed by atoms with van der Waals surface area (Å²) in [6.07, 6.45) is 1.84. The first-order valence-electron chi connectivity index (χ1n) is 10.5. The molecule has 0 radical (unpaired) electrons. The third kappa shape index (κ3) is 5.45. The van der Waals surface area contributed by atoms with Gasteiger partial charge in [-0.3, -0.25) is 9.69 Å². The zero-order chi connectivity index (χ0) is 22.0. The monoisotopic (exact) mass is 440 g/mol. The number of piperidine rings is 1. The molecule has 1 amide bonds. The van der Waals surface area contributed by atoms with Gasteiger partial charge in [0.25, 0.3) is 0 Å². The van der Waals surface area contributed by atoms with Gasteiger partial charge < -0.3 is 19.6 Å². The second kappa shape index (κ2) is 8.99. The molecule has 0 bridgehead atoms. The van der Waals surface area contributed by atoms with Crippen LogP contribution in [-0.4, -0.2) is 62.7 Å². The number of halogens is 3. The SMILES string of the molecule is Cn1cnc(CCNC(=O)C[C@@H]2OC[C@H]3CN(Cc4ncc(C(F)(F)F)[nH]4)CC[C@H]32)c1. The number of hydrogen-bond donors (Lipinski definition) is 2. The normalized spacial score (nSPS) is 24.3. The lowest BCUT2D eigenvalue weighted by atomic mass is 9.83. The average Bonchev–Trinajstić information content (AvgIpc) is 3.42. The summed E-state index contributed by atoms with van der Waals surface area (Å²) in [5, 5.41) is 2.94. The Morgan fingerprint density at radius 3 is 2.94 bits per heavy atom. The minimum Gasteiger partial charge on any atom is -0.377 e. The van der Waals surface area contributed by atoms with Crippen molar-refractivity contribution in [1.82, 2.24) is 29.7 Å². The molecule has 11 heteroatoms. The largest absolute Gasteiger partial charge is 0.432 e. The van der Waals surface area contributed by atoms with Crippen LogP contribution in [0.1, 0.15) is 30.1 Å². The van der Waals surface area contributed by atoms with Gasteiger partial charge in [0.15, 0.2) is 0 Å². The van der Waals surface area contributed by atoms with E-state index in [-0.39, 0.29) is 17.9 Å². The van der Waals surface area contributed by atoms with Crippen molar-refractivity contribution >= 4 is 5.91 Å². The summed E-state index contributed by atoms with van der Waals surface area (Å²) in [5.41, 5.74) is 0.113. The number of nitrogens with zero attached hydrogens (tertiary/aromatic N) is 4. The Morgan fingerprint density at radius 2 is 2.23 bits per heavy atom. The number of aromatic amines is 1. The summed E-state index contributed by atoms with van der Waals surface area (Å²) in [5.74, 6) is 0.852. The lowest BCUT2D eigenvalue weighted by Gasteiger charge is -2.35. The summed E-state index contributed by atoms with van der Waals surface area (Å²) >= 11 is 0. The van der Waals surface area contributed by atoms with Gasteiger partial charge in [-0.2, -0.15) is 13.2 Å². The fourth-order valence-corrected chi connectivity index (χ4v) is 4.50. The van der Waals surface area contributed by atoms with Crippen molar-refractivity contribution in [3.8, 4) is 0 Å². The third-order valence-corrected chi connectivity index (χ3v) is 6.03. The molecule has 3 atom stereocenters. The standard InChI is InChI=1S/C20H27F3N6O2/c1-28-9-14(26-12-28)2-4-24-19(30)6-16-15-3-5-29(8-13(15)11-31-16)10-18-25-7-17(27-18)20(21,22)23/h7,9,12-13,15-16H,2-6,8,10-11H2,1H3,(H,24,30)(H,25,27)/t13-,15-,16+/m1/s1. The predicted octanol–water partition coefficient (Wildman–Crippen LogP) is 1.75. The quantitative estimate of drug-likeness (QED) is 0.685. The van der Waals surface area contributed by atoms with E-state index in [1.165, 1.54) is 0 Å². The molecule has 2 N–H and O–H groups in total. The lowest BCUT2D eigenvalue weighted by molar-refractivity contribution is -0.141. The number of aromatic nitrogens is 4. The fraction of sp³-hybridized carbons (Fsp3) is 0.650. The van der Waals surface area contributed by atoms with Gasteiger partial charge >= 0.3 is 6.18 Å². The van der Waals surface area contributed by atoms with E-state index in [1.54, 1.807) is 6.33 Å². The van der Waals surface area contributed by atoms with E-state index in [0.29, 0.717) is 44.3 Å². The lowest BCUT2D eigenvalue weighted by Crippen LogP contribution is -2.42. The van der Waals surface area contributed by atoms with E-state index in [2.05, 4.69) is 25.2 Å². The number of alkyl halides is 3. The number of nitrogens with one attached hydrogen (secondary N) is 2. The Hall–Kier alpha value is -2.40. The maximum atomic E-state index is 12.7. The highest BCUT2D eigenvalue weighted by Gasteiger charge is 2.41. The Labute approximate surface area is 178 Å². The Balaban J connectivity index is 1.21. The van der Waals surface area contributed by atoms with Gasteiger partial charge in [0.1, 0.15) is 11.5 Å². The van der Waals surface area contributed by atoms with Crippen LogP contribution in [0.15, 0.2) is 18.7 Å². The van der Waals surface area contributed by atoms with Crippen molar-refractivity contribution in [1.29, 1.82) is 0 Å². The minimum atomic E-state index is -4.41. The molecular formula is C20H27F3N6O2. The van der Waals surface area contributed by atoms with E-state index in [0.717, 1.165) is 31.4 Å². The smallest absolute Gasteiger partial charge is 0.377 e. The van der Waals surface area contributed by atoms with Crippen LogP contribution in [0.5, 0.6) is 0 Å². The first-order chi connectivity index (χ1) is 14.8. The molecule has 0 aromatic carbocycles. The van der Waals surface area contributed by atoms with Gasteiger partial charge in [0.05, 0.1) is 43.9 Å². The number of H-pyrrole nitrogens is 1. The molecule has 2 saturated heterocycles. The van der Waals surface area contributed by atoms with Crippen molar-refractivity contribution < 1.29 is 22.7 Å². The van der Waals surface area contributed by atoms with E-state index in [9.17, 15) is 18.0 Å². The summed E-state index contributed by atoms with van der Waals surface area (Å²) in [7, 11) is 1.91. The molecule has 31 heavy (non-hydrogen) atoms. The molecule has 0 aliphatic carbocycles. The molecule has 4 rings (SSSR count). The van der Waals surface area contributed by atoms with E-state index in [4.69, 9.17) is 4.74 Å². The van der Waals surface area contributed by atoms with Gasteiger partial charge in [0, 0.05) is 38.7 Å². The van der Waals surface area contributed by atoms with Gasteiger partial charge in [-0.15, -0.1) is 0 Å². The summed E-state index contributed by atoms with van der Waals surface area (Å²) in [6.45, 7) is 2.92. The van der Waals surface area contributed by atoms with Crippen LogP contribution >= 0.6 is 0 Å².